The number of benzene rings is 1. The zero-order valence-electron chi connectivity index (χ0n) is 20.0. The van der Waals surface area contributed by atoms with Gasteiger partial charge in [-0.25, -0.2) is 0 Å². The number of piperidine rings is 3. The van der Waals surface area contributed by atoms with E-state index in [2.05, 4.69) is 47.5 Å². The van der Waals surface area contributed by atoms with E-state index in [-0.39, 0.29) is 11.3 Å². The molecular weight excluding hydrogens is 396 g/mol. The average Bonchev–Trinajstić information content (AvgIpc) is 2.83. The molecule has 4 nitrogen and oxygen atoms in total. The summed E-state index contributed by atoms with van der Waals surface area (Å²) in [5.41, 5.74) is 2.08. The fourth-order valence-corrected chi connectivity index (χ4v) is 7.89. The lowest BCUT2D eigenvalue weighted by Gasteiger charge is -2.55. The predicted octanol–water partition coefficient (Wildman–Crippen LogP) is 4.92. The molecule has 1 aromatic rings. The van der Waals surface area contributed by atoms with Crippen LogP contribution in [0.2, 0.25) is 0 Å². The van der Waals surface area contributed by atoms with Gasteiger partial charge in [-0.2, -0.15) is 0 Å². The van der Waals surface area contributed by atoms with E-state index in [0.717, 1.165) is 26.2 Å². The van der Waals surface area contributed by atoms with Crippen LogP contribution in [0.4, 0.5) is 0 Å². The van der Waals surface area contributed by atoms with Gasteiger partial charge in [0.25, 0.3) is 0 Å². The highest BCUT2D eigenvalue weighted by Gasteiger charge is 2.51. The van der Waals surface area contributed by atoms with Gasteiger partial charge < -0.3 is 15.0 Å². The molecule has 176 valence electrons. The standard InChI is InChI=1S/C28H42N2O2/c1-2-32-21-27-13-6-14-28(20-27,24-7-4-3-5-8-24)18-22(17-27)9-10-26(31)29-25-19-30-15-11-23(25)12-16-30/h3-5,7-8,22-23,25H,2,6,9-21H2,1H3,(H,29,31)/t22?,25-,27+,28-/m1/s1. The van der Waals surface area contributed by atoms with Crippen molar-refractivity contribution in [2.75, 3.05) is 32.8 Å². The van der Waals surface area contributed by atoms with Gasteiger partial charge in [0.1, 0.15) is 0 Å². The molecule has 4 atom stereocenters. The van der Waals surface area contributed by atoms with E-state index in [4.69, 9.17) is 4.74 Å². The number of hydrogen-bond donors (Lipinski definition) is 1. The molecule has 1 amide bonds. The molecule has 1 aromatic carbocycles. The lowest BCUT2D eigenvalue weighted by atomic mass is 9.50. The van der Waals surface area contributed by atoms with Crippen molar-refractivity contribution in [2.45, 2.75) is 82.6 Å². The summed E-state index contributed by atoms with van der Waals surface area (Å²) in [5, 5.41) is 3.42. The Balaban J connectivity index is 1.25. The second-order valence-electron chi connectivity index (χ2n) is 11.4. The first-order chi connectivity index (χ1) is 15.6. The van der Waals surface area contributed by atoms with Gasteiger partial charge in [0.2, 0.25) is 5.91 Å². The van der Waals surface area contributed by atoms with Crippen LogP contribution in [-0.4, -0.2) is 49.7 Å². The minimum Gasteiger partial charge on any atom is -0.381 e. The zero-order chi connectivity index (χ0) is 22.0. The number of carbonyl (C=O) groups is 1. The highest BCUT2D eigenvalue weighted by Crippen LogP contribution is 2.59. The van der Waals surface area contributed by atoms with Gasteiger partial charge in [0.05, 0.1) is 6.61 Å². The van der Waals surface area contributed by atoms with Gasteiger partial charge in [0.15, 0.2) is 0 Å². The molecule has 2 saturated carbocycles. The Morgan fingerprint density at radius 1 is 1.16 bits per heavy atom. The maximum Gasteiger partial charge on any atom is 0.220 e. The van der Waals surface area contributed by atoms with Gasteiger partial charge in [-0.1, -0.05) is 36.8 Å². The van der Waals surface area contributed by atoms with Crippen molar-refractivity contribution in [1.29, 1.82) is 0 Å². The van der Waals surface area contributed by atoms with Crippen LogP contribution in [0.1, 0.15) is 76.7 Å². The third-order valence-electron chi connectivity index (χ3n) is 9.26. The summed E-state index contributed by atoms with van der Waals surface area (Å²) >= 11 is 0. The van der Waals surface area contributed by atoms with Gasteiger partial charge in [-0.15, -0.1) is 0 Å². The SMILES string of the molecule is CCOC[C@@]12CCC[C@@](c3ccccc3)(CC(CCC(=O)N[C@@H]3CN4CCC3CC4)C1)C2. The molecule has 4 bridgehead atoms. The first-order valence-corrected chi connectivity index (χ1v) is 13.2. The second kappa shape index (κ2) is 9.46. The molecule has 3 aliphatic heterocycles. The highest BCUT2D eigenvalue weighted by molar-refractivity contribution is 5.76. The van der Waals surface area contributed by atoms with Crippen LogP contribution in [0.15, 0.2) is 30.3 Å². The molecule has 2 aliphatic carbocycles. The Hall–Kier alpha value is -1.39. The minimum atomic E-state index is 0.270. The first kappa shape index (κ1) is 22.4. The maximum atomic E-state index is 12.9. The molecule has 4 heteroatoms. The third-order valence-corrected chi connectivity index (χ3v) is 9.26. The number of hydrogen-bond acceptors (Lipinski definition) is 3. The van der Waals surface area contributed by atoms with Crippen LogP contribution >= 0.6 is 0 Å². The van der Waals surface area contributed by atoms with Crippen molar-refractivity contribution in [3.8, 4) is 0 Å². The summed E-state index contributed by atoms with van der Waals surface area (Å²) in [4.78, 5) is 15.4. The Bertz CT molecular complexity index is 775. The minimum absolute atomic E-state index is 0.270. The Labute approximate surface area is 194 Å². The Morgan fingerprint density at radius 3 is 2.69 bits per heavy atom. The number of rotatable bonds is 8. The number of nitrogens with one attached hydrogen (secondary N) is 1. The third kappa shape index (κ3) is 4.63. The molecule has 32 heavy (non-hydrogen) atoms. The molecule has 6 rings (SSSR count). The quantitative estimate of drug-likeness (QED) is 0.626. The summed E-state index contributed by atoms with van der Waals surface area (Å²) in [6.45, 7) is 7.32. The molecule has 0 aromatic heterocycles. The van der Waals surface area contributed by atoms with Gasteiger partial charge in [0, 0.05) is 25.6 Å². The van der Waals surface area contributed by atoms with E-state index in [0.29, 0.717) is 29.7 Å². The highest BCUT2D eigenvalue weighted by atomic mass is 16.5. The normalized spacial score (nSPS) is 38.4. The lowest BCUT2D eigenvalue weighted by Crippen LogP contribution is -2.57. The number of ether oxygens (including phenoxy) is 1. The van der Waals surface area contributed by atoms with E-state index >= 15 is 0 Å². The van der Waals surface area contributed by atoms with Crippen molar-refractivity contribution in [3.63, 3.8) is 0 Å². The van der Waals surface area contributed by atoms with Crippen LogP contribution in [0, 0.1) is 17.3 Å². The van der Waals surface area contributed by atoms with E-state index in [1.165, 1.54) is 70.0 Å². The number of amides is 1. The number of nitrogens with zero attached hydrogens (tertiary/aromatic N) is 1. The van der Waals surface area contributed by atoms with E-state index < -0.39 is 0 Å². The summed E-state index contributed by atoms with van der Waals surface area (Å²) in [5.74, 6) is 1.60. The van der Waals surface area contributed by atoms with E-state index in [1.54, 1.807) is 0 Å². The van der Waals surface area contributed by atoms with Crippen LogP contribution in [-0.2, 0) is 14.9 Å². The topological polar surface area (TPSA) is 41.6 Å². The fraction of sp³-hybridized carbons (Fsp3) is 0.750. The molecule has 3 saturated heterocycles. The molecule has 5 aliphatic rings. The Kier molecular flexibility index (Phi) is 6.63. The summed E-state index contributed by atoms with van der Waals surface area (Å²) in [6.07, 6.45) is 11.8. The van der Waals surface area contributed by atoms with Crippen LogP contribution in [0.3, 0.4) is 0 Å². The number of carbonyl (C=O) groups excluding carboxylic acids is 1. The smallest absolute Gasteiger partial charge is 0.220 e. The summed E-state index contributed by atoms with van der Waals surface area (Å²) in [6, 6.07) is 11.6. The summed E-state index contributed by atoms with van der Waals surface area (Å²) < 4.78 is 6.05. The van der Waals surface area contributed by atoms with Crippen molar-refractivity contribution >= 4 is 5.91 Å². The van der Waals surface area contributed by atoms with Crippen LogP contribution in [0.25, 0.3) is 0 Å². The average molecular weight is 439 g/mol. The molecule has 1 unspecified atom stereocenters. The molecule has 1 N–H and O–H groups in total. The van der Waals surface area contributed by atoms with Gasteiger partial charge in [-0.05, 0) is 99.6 Å². The van der Waals surface area contributed by atoms with Crippen molar-refractivity contribution in [1.82, 2.24) is 10.2 Å². The summed E-state index contributed by atoms with van der Waals surface area (Å²) in [7, 11) is 0. The van der Waals surface area contributed by atoms with Crippen LogP contribution < -0.4 is 5.32 Å². The molecular formula is C28H42N2O2. The van der Waals surface area contributed by atoms with Crippen molar-refractivity contribution in [2.24, 2.45) is 17.3 Å². The van der Waals surface area contributed by atoms with Crippen molar-refractivity contribution in [3.05, 3.63) is 35.9 Å². The molecule has 0 radical (unpaired) electrons. The van der Waals surface area contributed by atoms with Gasteiger partial charge in [-0.3, -0.25) is 4.79 Å². The monoisotopic (exact) mass is 438 g/mol. The van der Waals surface area contributed by atoms with Crippen LogP contribution in [0.5, 0.6) is 0 Å². The van der Waals surface area contributed by atoms with E-state index in [1.807, 2.05) is 0 Å². The zero-order valence-corrected chi connectivity index (χ0v) is 20.0. The van der Waals surface area contributed by atoms with Gasteiger partial charge >= 0.3 is 0 Å². The first-order valence-electron chi connectivity index (χ1n) is 13.2. The fourth-order valence-electron chi connectivity index (χ4n) is 7.89. The molecule has 5 fully saturated rings. The maximum absolute atomic E-state index is 12.9. The van der Waals surface area contributed by atoms with E-state index in [9.17, 15) is 4.79 Å². The van der Waals surface area contributed by atoms with Crippen molar-refractivity contribution < 1.29 is 9.53 Å². The second-order valence-corrected chi connectivity index (χ2v) is 11.4. The predicted molar refractivity (Wildman–Crippen MR) is 129 cm³/mol. The number of fused-ring (bicyclic) bond motifs is 5. The molecule has 0 spiro atoms. The largest absolute Gasteiger partial charge is 0.381 e. The Morgan fingerprint density at radius 2 is 1.97 bits per heavy atom. The lowest BCUT2D eigenvalue weighted by molar-refractivity contribution is -0.124. The molecule has 3 heterocycles.